The van der Waals surface area contributed by atoms with Crippen molar-refractivity contribution in [2.45, 2.75) is 13.0 Å². The van der Waals surface area contributed by atoms with E-state index in [0.29, 0.717) is 19.5 Å². The summed E-state index contributed by atoms with van der Waals surface area (Å²) in [5, 5.41) is 2.63. The maximum absolute atomic E-state index is 10.6. The van der Waals surface area contributed by atoms with Crippen LogP contribution in [0.15, 0.2) is 0 Å². The number of hydrogen-bond donors (Lipinski definition) is 2. The Morgan fingerprint density at radius 3 is 2.67 bits per heavy atom. The first kappa shape index (κ1) is 10.9. The third kappa shape index (κ3) is 4.68. The maximum atomic E-state index is 10.6. The molecule has 0 aromatic carbocycles. The lowest BCUT2D eigenvalue weighted by Crippen LogP contribution is -2.46. The van der Waals surface area contributed by atoms with Crippen LogP contribution < -0.4 is 11.1 Å². The summed E-state index contributed by atoms with van der Waals surface area (Å²) in [6, 6.07) is -0.155. The Balaban J connectivity index is 3.81. The fourth-order valence-electron chi connectivity index (χ4n) is 0.857. The zero-order valence-corrected chi connectivity index (χ0v) is 7.41. The molecule has 0 fully saturated rings. The second kappa shape index (κ2) is 5.54. The van der Waals surface area contributed by atoms with Gasteiger partial charge in [-0.2, -0.15) is 0 Å². The lowest BCUT2D eigenvalue weighted by atomic mass is 10.3. The van der Waals surface area contributed by atoms with Crippen LogP contribution in [0.5, 0.6) is 0 Å². The molecule has 5 heteroatoms. The van der Waals surface area contributed by atoms with Crippen molar-refractivity contribution < 1.29 is 9.59 Å². The smallest absolute Gasteiger partial charge is 0.217 e. The van der Waals surface area contributed by atoms with Gasteiger partial charge in [0.2, 0.25) is 12.3 Å². The molecule has 0 bridgehead atoms. The Morgan fingerprint density at radius 1 is 1.75 bits per heavy atom. The molecule has 0 rings (SSSR count). The predicted octanol–water partition coefficient (Wildman–Crippen LogP) is -1.46. The van der Waals surface area contributed by atoms with E-state index in [1.54, 1.807) is 7.05 Å². The average molecular weight is 173 g/mol. The molecule has 12 heavy (non-hydrogen) atoms. The van der Waals surface area contributed by atoms with Crippen LogP contribution in [-0.4, -0.2) is 43.4 Å². The van der Waals surface area contributed by atoms with Crippen LogP contribution in [0.2, 0.25) is 0 Å². The van der Waals surface area contributed by atoms with Gasteiger partial charge >= 0.3 is 0 Å². The van der Waals surface area contributed by atoms with Crippen LogP contribution in [-0.2, 0) is 9.59 Å². The molecule has 70 valence electrons. The number of nitrogens with one attached hydrogen (secondary N) is 1. The van der Waals surface area contributed by atoms with Gasteiger partial charge in [-0.1, -0.05) is 0 Å². The molecule has 0 unspecified atom stereocenters. The second-order valence-electron chi connectivity index (χ2n) is 2.68. The van der Waals surface area contributed by atoms with Crippen LogP contribution in [0.25, 0.3) is 0 Å². The van der Waals surface area contributed by atoms with Gasteiger partial charge in [0.25, 0.3) is 0 Å². The van der Waals surface area contributed by atoms with Crippen molar-refractivity contribution >= 4 is 12.3 Å². The molecule has 2 amide bonds. The molecular weight excluding hydrogens is 158 g/mol. The van der Waals surface area contributed by atoms with Crippen molar-refractivity contribution in [2.75, 3.05) is 20.1 Å². The Morgan fingerprint density at radius 2 is 2.33 bits per heavy atom. The number of carbonyl (C=O) groups excluding carboxylic acids is 2. The van der Waals surface area contributed by atoms with E-state index in [1.165, 1.54) is 11.8 Å². The topological polar surface area (TPSA) is 75.4 Å². The Kier molecular flexibility index (Phi) is 5.03. The highest BCUT2D eigenvalue weighted by Gasteiger charge is 2.08. The third-order valence-electron chi connectivity index (χ3n) is 1.38. The minimum absolute atomic E-state index is 0.134. The van der Waals surface area contributed by atoms with E-state index in [2.05, 4.69) is 5.32 Å². The van der Waals surface area contributed by atoms with E-state index in [9.17, 15) is 9.59 Å². The molecule has 0 spiro atoms. The summed E-state index contributed by atoms with van der Waals surface area (Å²) in [5.74, 6) is -0.134. The van der Waals surface area contributed by atoms with Crippen molar-refractivity contribution in [3.8, 4) is 0 Å². The van der Waals surface area contributed by atoms with Crippen LogP contribution in [0.4, 0.5) is 0 Å². The van der Waals surface area contributed by atoms with Gasteiger partial charge in [-0.05, 0) is 0 Å². The number of carbonyl (C=O) groups is 2. The fourth-order valence-corrected chi connectivity index (χ4v) is 0.857. The molecule has 0 saturated carbocycles. The summed E-state index contributed by atoms with van der Waals surface area (Å²) >= 11 is 0. The van der Waals surface area contributed by atoms with Crippen molar-refractivity contribution in [2.24, 2.45) is 5.73 Å². The van der Waals surface area contributed by atoms with Gasteiger partial charge in [0, 0.05) is 27.1 Å². The standard InChI is InChI=1S/C7H15N3O2/c1-6(12)9-7(3-8)4-10(2)5-11/h5,7H,3-4,8H2,1-2H3,(H,9,12)/t7-/m1/s1. The number of amides is 2. The highest BCUT2D eigenvalue weighted by atomic mass is 16.1. The summed E-state index contributed by atoms with van der Waals surface area (Å²) in [6.45, 7) is 2.20. The zero-order valence-electron chi connectivity index (χ0n) is 7.41. The lowest BCUT2D eigenvalue weighted by molar-refractivity contribution is -0.121. The van der Waals surface area contributed by atoms with Gasteiger partial charge in [0.1, 0.15) is 0 Å². The van der Waals surface area contributed by atoms with Gasteiger partial charge in [-0.15, -0.1) is 0 Å². The lowest BCUT2D eigenvalue weighted by Gasteiger charge is -2.19. The van der Waals surface area contributed by atoms with Crippen LogP contribution in [0, 0.1) is 0 Å². The number of nitrogens with two attached hydrogens (primary N) is 1. The minimum atomic E-state index is -0.155. The summed E-state index contributed by atoms with van der Waals surface area (Å²) in [4.78, 5) is 22.3. The monoisotopic (exact) mass is 173 g/mol. The zero-order chi connectivity index (χ0) is 9.56. The van der Waals surface area contributed by atoms with E-state index in [-0.39, 0.29) is 11.9 Å². The first-order valence-corrected chi connectivity index (χ1v) is 3.72. The first-order chi connectivity index (χ1) is 5.60. The van der Waals surface area contributed by atoms with Gasteiger partial charge in [-0.3, -0.25) is 9.59 Å². The molecular formula is C7H15N3O2. The number of nitrogens with zero attached hydrogens (tertiary/aromatic N) is 1. The summed E-state index contributed by atoms with van der Waals surface area (Å²) in [6.07, 6.45) is 0.699. The molecule has 0 aliphatic heterocycles. The molecule has 0 radical (unpaired) electrons. The van der Waals surface area contributed by atoms with Gasteiger partial charge in [0.15, 0.2) is 0 Å². The van der Waals surface area contributed by atoms with Crippen molar-refractivity contribution in [3.63, 3.8) is 0 Å². The molecule has 0 aromatic rings. The highest BCUT2D eigenvalue weighted by molar-refractivity contribution is 5.73. The molecule has 0 aromatic heterocycles. The molecule has 1 atom stereocenters. The van der Waals surface area contributed by atoms with Crippen molar-refractivity contribution in [1.82, 2.24) is 10.2 Å². The average Bonchev–Trinajstić information content (AvgIpc) is 2.02. The maximum Gasteiger partial charge on any atom is 0.217 e. The second-order valence-corrected chi connectivity index (χ2v) is 2.68. The Bertz CT molecular complexity index is 161. The van der Waals surface area contributed by atoms with Crippen LogP contribution in [0.3, 0.4) is 0 Å². The SMILES string of the molecule is CC(=O)N[C@H](CN)CN(C)C=O. The van der Waals surface area contributed by atoms with E-state index in [4.69, 9.17) is 5.73 Å². The molecule has 3 N–H and O–H groups in total. The number of hydrogen-bond acceptors (Lipinski definition) is 3. The molecule has 0 aliphatic carbocycles. The summed E-state index contributed by atoms with van der Waals surface area (Å²) < 4.78 is 0. The van der Waals surface area contributed by atoms with E-state index < -0.39 is 0 Å². The van der Waals surface area contributed by atoms with E-state index >= 15 is 0 Å². The highest BCUT2D eigenvalue weighted by Crippen LogP contribution is 1.84. The van der Waals surface area contributed by atoms with Gasteiger partial charge in [-0.25, -0.2) is 0 Å². The van der Waals surface area contributed by atoms with Gasteiger partial charge in [0.05, 0.1) is 6.04 Å². The Hall–Kier alpha value is -1.10. The molecule has 0 saturated heterocycles. The predicted molar refractivity (Wildman–Crippen MR) is 45.4 cm³/mol. The Labute approximate surface area is 71.9 Å². The largest absolute Gasteiger partial charge is 0.351 e. The van der Waals surface area contributed by atoms with Crippen molar-refractivity contribution in [1.29, 1.82) is 0 Å². The molecule has 0 heterocycles. The minimum Gasteiger partial charge on any atom is -0.351 e. The normalized spacial score (nSPS) is 11.9. The van der Waals surface area contributed by atoms with Gasteiger partial charge < -0.3 is 16.0 Å². The van der Waals surface area contributed by atoms with E-state index in [1.807, 2.05) is 0 Å². The first-order valence-electron chi connectivity index (χ1n) is 3.72. The van der Waals surface area contributed by atoms with Crippen LogP contribution in [0.1, 0.15) is 6.92 Å². The molecule has 5 nitrogen and oxygen atoms in total. The summed E-state index contributed by atoms with van der Waals surface area (Å²) in [7, 11) is 1.64. The van der Waals surface area contributed by atoms with Crippen LogP contribution >= 0.6 is 0 Å². The fraction of sp³-hybridized carbons (Fsp3) is 0.714. The van der Waals surface area contributed by atoms with Crippen molar-refractivity contribution in [3.05, 3.63) is 0 Å². The molecule has 0 aliphatic rings. The summed E-state index contributed by atoms with van der Waals surface area (Å²) in [5.41, 5.74) is 5.37. The van der Waals surface area contributed by atoms with E-state index in [0.717, 1.165) is 0 Å². The number of rotatable bonds is 5. The third-order valence-corrected chi connectivity index (χ3v) is 1.38. The quantitative estimate of drug-likeness (QED) is 0.499. The number of likely N-dealkylation sites (N-methyl/N-ethyl adjacent to an activating group) is 1.